The van der Waals surface area contributed by atoms with Gasteiger partial charge in [0.2, 0.25) is 0 Å². The van der Waals surface area contributed by atoms with Crippen molar-refractivity contribution in [3.05, 3.63) is 0 Å². The summed E-state index contributed by atoms with van der Waals surface area (Å²) >= 11 is 0. The molecule has 2 bridgehead atoms. The number of fused-ring (bicyclic) bond motifs is 3. The van der Waals surface area contributed by atoms with Crippen LogP contribution in [0.5, 0.6) is 0 Å². The third kappa shape index (κ3) is 1.40. The first-order chi connectivity index (χ1) is 7.83. The SMILES string of the molecule is CC12CCC([C@]3(C)CCCC3(C)C)(CC1)OO2. The quantitative estimate of drug-likeness (QED) is 0.636. The van der Waals surface area contributed by atoms with Gasteiger partial charge < -0.3 is 0 Å². The largest absolute Gasteiger partial charge is 0.230 e. The smallest absolute Gasteiger partial charge is 0.110 e. The van der Waals surface area contributed by atoms with Crippen molar-refractivity contribution in [3.8, 4) is 0 Å². The molecule has 0 aromatic heterocycles. The average molecular weight is 238 g/mol. The van der Waals surface area contributed by atoms with Gasteiger partial charge in [0.1, 0.15) is 11.2 Å². The lowest BCUT2D eigenvalue weighted by atomic mass is 9.54. The minimum atomic E-state index is -0.00917. The van der Waals surface area contributed by atoms with Crippen molar-refractivity contribution in [2.24, 2.45) is 10.8 Å². The monoisotopic (exact) mass is 238 g/mol. The summed E-state index contributed by atoms with van der Waals surface area (Å²) in [7, 11) is 0. The van der Waals surface area contributed by atoms with Crippen LogP contribution in [-0.4, -0.2) is 11.2 Å². The van der Waals surface area contributed by atoms with E-state index in [1.54, 1.807) is 0 Å². The molecule has 4 fully saturated rings. The zero-order chi connectivity index (χ0) is 12.4. The van der Waals surface area contributed by atoms with Crippen LogP contribution in [0.25, 0.3) is 0 Å². The third-order valence-electron chi connectivity index (χ3n) is 6.50. The molecule has 4 rings (SSSR count). The Labute approximate surface area is 105 Å². The molecule has 2 saturated heterocycles. The van der Waals surface area contributed by atoms with Crippen molar-refractivity contribution < 1.29 is 9.78 Å². The van der Waals surface area contributed by atoms with Gasteiger partial charge in [-0.25, -0.2) is 9.78 Å². The van der Waals surface area contributed by atoms with Crippen molar-refractivity contribution in [1.29, 1.82) is 0 Å². The zero-order valence-corrected chi connectivity index (χ0v) is 11.8. The first kappa shape index (κ1) is 12.0. The lowest BCUT2D eigenvalue weighted by Crippen LogP contribution is -2.62. The van der Waals surface area contributed by atoms with Crippen LogP contribution in [0.3, 0.4) is 0 Å². The van der Waals surface area contributed by atoms with E-state index in [1.165, 1.54) is 44.9 Å². The van der Waals surface area contributed by atoms with Gasteiger partial charge in [0.05, 0.1) is 0 Å². The fraction of sp³-hybridized carbons (Fsp3) is 1.00. The second kappa shape index (κ2) is 3.27. The summed E-state index contributed by atoms with van der Waals surface area (Å²) in [4.78, 5) is 11.7. The normalized spacial score (nSPS) is 52.9. The molecule has 2 saturated carbocycles. The van der Waals surface area contributed by atoms with Crippen molar-refractivity contribution in [1.82, 2.24) is 0 Å². The zero-order valence-electron chi connectivity index (χ0n) is 11.8. The summed E-state index contributed by atoms with van der Waals surface area (Å²) in [5.41, 5.74) is 0.648. The van der Waals surface area contributed by atoms with E-state index < -0.39 is 0 Å². The van der Waals surface area contributed by atoms with Crippen LogP contribution < -0.4 is 0 Å². The molecule has 0 radical (unpaired) electrons. The van der Waals surface area contributed by atoms with E-state index >= 15 is 0 Å². The molecule has 98 valence electrons. The lowest BCUT2D eigenvalue weighted by Gasteiger charge is -2.60. The Hall–Kier alpha value is -0.0800. The topological polar surface area (TPSA) is 18.5 Å². The molecule has 0 unspecified atom stereocenters. The maximum absolute atomic E-state index is 5.99. The van der Waals surface area contributed by atoms with Gasteiger partial charge in [-0.1, -0.05) is 27.2 Å². The summed E-state index contributed by atoms with van der Waals surface area (Å²) in [5, 5.41) is 0. The molecule has 2 aliphatic carbocycles. The van der Waals surface area contributed by atoms with Gasteiger partial charge in [-0.2, -0.15) is 0 Å². The van der Waals surface area contributed by atoms with Gasteiger partial charge in [-0.15, -0.1) is 0 Å². The third-order valence-corrected chi connectivity index (χ3v) is 6.50. The molecule has 0 aromatic carbocycles. The maximum atomic E-state index is 5.99. The summed E-state index contributed by atoms with van der Waals surface area (Å²) in [6.45, 7) is 9.47. The van der Waals surface area contributed by atoms with Gasteiger partial charge in [0.25, 0.3) is 0 Å². The Morgan fingerprint density at radius 1 is 0.706 bits per heavy atom. The van der Waals surface area contributed by atoms with E-state index in [0.717, 1.165) is 0 Å². The van der Waals surface area contributed by atoms with Crippen molar-refractivity contribution in [3.63, 3.8) is 0 Å². The molecule has 1 atom stereocenters. The molecule has 2 aliphatic heterocycles. The van der Waals surface area contributed by atoms with Crippen LogP contribution in [0.15, 0.2) is 0 Å². The Morgan fingerprint density at radius 2 is 1.35 bits per heavy atom. The van der Waals surface area contributed by atoms with Gasteiger partial charge in [0.15, 0.2) is 0 Å². The fourth-order valence-electron chi connectivity index (χ4n) is 4.52. The molecule has 0 amide bonds. The van der Waals surface area contributed by atoms with Crippen LogP contribution in [0.1, 0.15) is 72.6 Å². The van der Waals surface area contributed by atoms with Crippen molar-refractivity contribution >= 4 is 0 Å². The second-order valence-corrected chi connectivity index (χ2v) is 7.68. The summed E-state index contributed by atoms with van der Waals surface area (Å²) < 4.78 is 0. The molecule has 0 N–H and O–H groups in total. The van der Waals surface area contributed by atoms with Crippen LogP contribution in [-0.2, 0) is 9.78 Å². The summed E-state index contributed by atoms with van der Waals surface area (Å²) in [6.07, 6.45) is 8.65. The van der Waals surface area contributed by atoms with Crippen LogP contribution in [0.2, 0.25) is 0 Å². The van der Waals surface area contributed by atoms with Gasteiger partial charge in [-0.3, -0.25) is 0 Å². The Bertz CT molecular complexity index is 309. The van der Waals surface area contributed by atoms with E-state index in [1.807, 2.05) is 0 Å². The van der Waals surface area contributed by atoms with Crippen molar-refractivity contribution in [2.45, 2.75) is 83.8 Å². The van der Waals surface area contributed by atoms with E-state index in [4.69, 9.17) is 9.78 Å². The summed E-state index contributed by atoms with van der Waals surface area (Å²) in [6, 6.07) is 0. The average Bonchev–Trinajstić information content (AvgIpc) is 2.56. The Kier molecular flexibility index (Phi) is 2.30. The van der Waals surface area contributed by atoms with Crippen molar-refractivity contribution in [2.75, 3.05) is 0 Å². The molecular formula is C15H26O2. The maximum Gasteiger partial charge on any atom is 0.110 e. The predicted molar refractivity (Wildman–Crippen MR) is 67.5 cm³/mol. The molecular weight excluding hydrogens is 212 g/mol. The van der Waals surface area contributed by atoms with E-state index in [0.29, 0.717) is 5.41 Å². The van der Waals surface area contributed by atoms with E-state index in [-0.39, 0.29) is 16.6 Å². The highest BCUT2D eigenvalue weighted by Crippen LogP contribution is 2.65. The molecule has 0 spiro atoms. The number of hydrogen-bond donors (Lipinski definition) is 0. The Morgan fingerprint density at radius 3 is 1.76 bits per heavy atom. The number of rotatable bonds is 1. The standard InChI is InChI=1S/C15H26O2/c1-12(2)6-5-7-14(12,4)15-10-8-13(3,9-11-15)16-17-15/h5-11H2,1-4H3/t13?,14-,15?/m1/s1. The minimum Gasteiger partial charge on any atom is -0.230 e. The first-order valence-corrected chi connectivity index (χ1v) is 7.20. The number of hydrogen-bond acceptors (Lipinski definition) is 2. The van der Waals surface area contributed by atoms with E-state index in [9.17, 15) is 0 Å². The fourth-order valence-corrected chi connectivity index (χ4v) is 4.52. The van der Waals surface area contributed by atoms with Crippen LogP contribution in [0, 0.1) is 10.8 Å². The highest BCUT2D eigenvalue weighted by atomic mass is 17.2. The minimum absolute atomic E-state index is 0.000850. The van der Waals surface area contributed by atoms with Crippen LogP contribution >= 0.6 is 0 Å². The molecule has 2 heterocycles. The lowest BCUT2D eigenvalue weighted by molar-refractivity contribution is -0.486. The molecule has 17 heavy (non-hydrogen) atoms. The van der Waals surface area contributed by atoms with Crippen LogP contribution in [0.4, 0.5) is 0 Å². The summed E-state index contributed by atoms with van der Waals surface area (Å²) in [5.74, 6) is 0. The van der Waals surface area contributed by atoms with Gasteiger partial charge in [-0.05, 0) is 50.9 Å². The van der Waals surface area contributed by atoms with Gasteiger partial charge >= 0.3 is 0 Å². The molecule has 0 aromatic rings. The predicted octanol–water partition coefficient (Wildman–Crippen LogP) is 4.24. The molecule has 2 heteroatoms. The Balaban J connectivity index is 1.94. The second-order valence-electron chi connectivity index (χ2n) is 7.68. The van der Waals surface area contributed by atoms with Gasteiger partial charge in [0, 0.05) is 5.41 Å². The first-order valence-electron chi connectivity index (χ1n) is 7.20. The van der Waals surface area contributed by atoms with E-state index in [2.05, 4.69) is 27.7 Å². The molecule has 2 nitrogen and oxygen atoms in total. The highest BCUT2D eigenvalue weighted by Gasteiger charge is 2.64. The highest BCUT2D eigenvalue weighted by molar-refractivity contribution is 5.11. The molecule has 4 aliphatic rings.